The van der Waals surface area contributed by atoms with Gasteiger partial charge in [-0.25, -0.2) is 0 Å². The Morgan fingerprint density at radius 2 is 1.84 bits per heavy atom. The molecular formula is C35H35BrN2O4S. The van der Waals surface area contributed by atoms with E-state index in [0.717, 1.165) is 32.7 Å². The number of aryl methyl sites for hydroxylation is 1. The third kappa shape index (κ3) is 5.57. The molecule has 1 aliphatic carbocycles. The third-order valence-electron chi connectivity index (χ3n) is 8.41. The number of Topliss-reactive ketones (excluding diaryl/α,β-unsaturated/α-hetero) is 1. The predicted molar refractivity (Wildman–Crippen MR) is 178 cm³/mol. The lowest BCUT2D eigenvalue weighted by Crippen LogP contribution is -2.42. The molecule has 3 aromatic carbocycles. The van der Waals surface area contributed by atoms with Gasteiger partial charge in [-0.15, -0.1) is 12.6 Å². The average molecular weight is 660 g/mol. The second kappa shape index (κ2) is 12.0. The number of benzene rings is 3. The van der Waals surface area contributed by atoms with Gasteiger partial charge >= 0.3 is 0 Å². The number of fused-ring (bicyclic) bond motifs is 2. The summed E-state index contributed by atoms with van der Waals surface area (Å²) in [5.41, 5.74) is 6.43. The molecule has 2 aliphatic heterocycles. The van der Waals surface area contributed by atoms with Crippen molar-refractivity contribution < 1.29 is 19.4 Å². The van der Waals surface area contributed by atoms with Gasteiger partial charge in [-0.3, -0.25) is 4.79 Å². The van der Waals surface area contributed by atoms with Crippen molar-refractivity contribution >= 4 is 45.7 Å². The number of rotatable bonds is 9. The van der Waals surface area contributed by atoms with Crippen LogP contribution in [0.3, 0.4) is 0 Å². The quantitative estimate of drug-likeness (QED) is 0.149. The molecule has 0 fully saturated rings. The summed E-state index contributed by atoms with van der Waals surface area (Å²) < 4.78 is 13.0. The SMILES string of the molecule is Cc1ccc2c(c1)O/C(=C/C1=C(S)C(=C\C3N(CCOCCO)c4ccc(Br)cc4C3(C)C)/C1=O)N2Cc1ccccc1. The van der Waals surface area contributed by atoms with Crippen LogP contribution in [-0.4, -0.2) is 43.3 Å². The maximum absolute atomic E-state index is 13.7. The zero-order valence-corrected chi connectivity index (χ0v) is 27.0. The minimum atomic E-state index is -0.272. The highest BCUT2D eigenvalue weighted by molar-refractivity contribution is 9.10. The van der Waals surface area contributed by atoms with Gasteiger partial charge in [0.05, 0.1) is 38.1 Å². The van der Waals surface area contributed by atoms with E-state index >= 15 is 0 Å². The number of nitrogens with zero attached hydrogens (tertiary/aromatic N) is 2. The zero-order chi connectivity index (χ0) is 30.3. The minimum absolute atomic E-state index is 0.0136. The number of ether oxygens (including phenoxy) is 2. The van der Waals surface area contributed by atoms with Gasteiger partial charge in [0.2, 0.25) is 5.88 Å². The molecule has 6 rings (SSSR count). The largest absolute Gasteiger partial charge is 0.439 e. The Hall–Kier alpha value is -3.30. The first kappa shape index (κ1) is 29.8. The molecule has 222 valence electrons. The monoisotopic (exact) mass is 658 g/mol. The molecule has 0 amide bonds. The number of thiol groups is 1. The van der Waals surface area contributed by atoms with Crippen LogP contribution in [0, 0.1) is 6.92 Å². The molecule has 1 unspecified atom stereocenters. The molecular weight excluding hydrogens is 624 g/mol. The van der Waals surface area contributed by atoms with Crippen molar-refractivity contribution in [3.05, 3.63) is 122 Å². The Balaban J connectivity index is 1.33. The molecule has 0 aromatic heterocycles. The first-order valence-electron chi connectivity index (χ1n) is 14.5. The average Bonchev–Trinajstić information content (AvgIpc) is 3.42. The fraction of sp³-hybridized carbons (Fsp3) is 0.286. The summed E-state index contributed by atoms with van der Waals surface area (Å²) in [5, 5.41) is 9.16. The molecule has 0 bridgehead atoms. The number of hydrogen-bond donors (Lipinski definition) is 2. The van der Waals surface area contributed by atoms with Crippen molar-refractivity contribution in [3.8, 4) is 5.75 Å². The minimum Gasteiger partial charge on any atom is -0.439 e. The number of carbonyl (C=O) groups excluding carboxylic acids is 1. The lowest BCUT2D eigenvalue weighted by Gasteiger charge is -2.34. The molecule has 3 aliphatic rings. The molecule has 43 heavy (non-hydrogen) atoms. The van der Waals surface area contributed by atoms with Crippen LogP contribution in [0.4, 0.5) is 11.4 Å². The van der Waals surface area contributed by atoms with Crippen LogP contribution in [0.2, 0.25) is 0 Å². The maximum Gasteiger partial charge on any atom is 0.201 e. The van der Waals surface area contributed by atoms with Crippen molar-refractivity contribution in [2.75, 3.05) is 36.2 Å². The second-order valence-corrected chi connectivity index (χ2v) is 13.0. The molecule has 6 nitrogen and oxygen atoms in total. The van der Waals surface area contributed by atoms with Gasteiger partial charge < -0.3 is 24.4 Å². The Kier molecular flexibility index (Phi) is 8.31. The van der Waals surface area contributed by atoms with Crippen LogP contribution in [-0.2, 0) is 21.5 Å². The van der Waals surface area contributed by atoms with Crippen molar-refractivity contribution in [1.29, 1.82) is 0 Å². The van der Waals surface area contributed by atoms with Crippen molar-refractivity contribution in [1.82, 2.24) is 0 Å². The normalized spacial score (nSPS) is 20.5. The molecule has 3 aromatic rings. The van der Waals surface area contributed by atoms with E-state index in [9.17, 15) is 4.79 Å². The third-order valence-corrected chi connectivity index (χ3v) is 9.39. The molecule has 0 radical (unpaired) electrons. The Bertz CT molecular complexity index is 1660. The van der Waals surface area contributed by atoms with E-state index in [2.05, 4.69) is 82.1 Å². The lowest BCUT2D eigenvalue weighted by molar-refractivity contribution is -0.112. The summed E-state index contributed by atoms with van der Waals surface area (Å²) in [7, 11) is 0. The van der Waals surface area contributed by atoms with Gasteiger partial charge in [0, 0.05) is 44.2 Å². The Morgan fingerprint density at radius 1 is 1.07 bits per heavy atom. The first-order valence-corrected chi connectivity index (χ1v) is 15.7. The lowest BCUT2D eigenvalue weighted by atomic mass is 9.78. The fourth-order valence-electron chi connectivity index (χ4n) is 6.12. The highest BCUT2D eigenvalue weighted by Gasteiger charge is 2.45. The number of carbonyl (C=O) groups is 1. The molecule has 1 N–H and O–H groups in total. The number of anilines is 2. The van der Waals surface area contributed by atoms with Gasteiger partial charge in [0.15, 0.2) is 11.5 Å². The number of ketones is 1. The van der Waals surface area contributed by atoms with E-state index in [1.54, 1.807) is 0 Å². The summed E-state index contributed by atoms with van der Waals surface area (Å²) in [6.07, 6.45) is 3.88. The van der Waals surface area contributed by atoms with Crippen molar-refractivity contribution in [3.63, 3.8) is 0 Å². The molecule has 8 heteroatoms. The van der Waals surface area contributed by atoms with Crippen molar-refractivity contribution in [2.45, 2.75) is 38.8 Å². The highest BCUT2D eigenvalue weighted by Crippen LogP contribution is 2.49. The van der Waals surface area contributed by atoms with Gasteiger partial charge in [0.1, 0.15) is 0 Å². The molecule has 0 spiro atoms. The van der Waals surface area contributed by atoms with E-state index in [0.29, 0.717) is 48.2 Å². The van der Waals surface area contributed by atoms with Crippen LogP contribution in [0.15, 0.2) is 105 Å². The van der Waals surface area contributed by atoms with Crippen molar-refractivity contribution in [2.24, 2.45) is 0 Å². The number of hydrogen-bond acceptors (Lipinski definition) is 7. The van der Waals surface area contributed by atoms with E-state index in [1.807, 2.05) is 43.3 Å². The van der Waals surface area contributed by atoms with Crippen LogP contribution in [0.5, 0.6) is 5.75 Å². The molecule has 0 saturated carbocycles. The fourth-order valence-corrected chi connectivity index (χ4v) is 6.83. The Morgan fingerprint density at radius 3 is 2.58 bits per heavy atom. The molecule has 0 saturated heterocycles. The van der Waals surface area contributed by atoms with Gasteiger partial charge in [-0.2, -0.15) is 0 Å². The van der Waals surface area contributed by atoms with Gasteiger partial charge in [-0.05, 0) is 60.0 Å². The highest BCUT2D eigenvalue weighted by atomic mass is 79.9. The van der Waals surface area contributed by atoms with Gasteiger partial charge in [0.25, 0.3) is 0 Å². The summed E-state index contributed by atoms with van der Waals surface area (Å²) in [5.74, 6) is 1.35. The van der Waals surface area contributed by atoms with Gasteiger partial charge in [-0.1, -0.05) is 66.2 Å². The molecule has 2 heterocycles. The van der Waals surface area contributed by atoms with E-state index in [1.165, 1.54) is 5.56 Å². The summed E-state index contributed by atoms with van der Waals surface area (Å²) in [6.45, 7) is 8.44. The standard InChI is InChI=1S/C35H35BrN2O4S/c1-22-9-11-29-30(17-22)42-32(38(29)21-23-7-5-4-6-8-23)20-26-33(40)25(34(26)43)19-31-35(2,3)27-18-24(36)10-12-28(27)37(31)13-15-41-16-14-39/h4-12,17-20,31,39,43H,13-16,21H2,1-3H3/b25-19-,32-20+. The number of aliphatic hydroxyl groups excluding tert-OH is 1. The van der Waals surface area contributed by atoms with E-state index < -0.39 is 0 Å². The molecule has 1 atom stereocenters. The first-order chi connectivity index (χ1) is 20.7. The zero-order valence-electron chi connectivity index (χ0n) is 24.5. The van der Waals surface area contributed by atoms with E-state index in [4.69, 9.17) is 27.2 Å². The smallest absolute Gasteiger partial charge is 0.201 e. The summed E-state index contributed by atoms with van der Waals surface area (Å²) in [4.78, 5) is 18.8. The van der Waals surface area contributed by atoms with E-state index in [-0.39, 0.29) is 23.8 Å². The summed E-state index contributed by atoms with van der Waals surface area (Å²) in [6, 6.07) is 22.6. The van der Waals surface area contributed by atoms with Crippen LogP contribution >= 0.6 is 28.6 Å². The predicted octanol–water partition coefficient (Wildman–Crippen LogP) is 6.87. The van der Waals surface area contributed by atoms with Crippen LogP contribution in [0.25, 0.3) is 0 Å². The Labute approximate surface area is 266 Å². The number of aliphatic hydroxyl groups is 1. The topological polar surface area (TPSA) is 62.2 Å². The number of allylic oxidation sites excluding steroid dienone is 3. The maximum atomic E-state index is 13.7. The second-order valence-electron chi connectivity index (χ2n) is 11.7. The van der Waals surface area contributed by atoms with Crippen LogP contribution < -0.4 is 14.5 Å². The number of halogens is 1. The van der Waals surface area contributed by atoms with Crippen LogP contribution in [0.1, 0.15) is 30.5 Å². The summed E-state index contributed by atoms with van der Waals surface area (Å²) >= 11 is 8.47.